The van der Waals surface area contributed by atoms with Gasteiger partial charge in [-0.05, 0) is 17.7 Å². The molecule has 1 atom stereocenters. The monoisotopic (exact) mass is 301 g/mol. The summed E-state index contributed by atoms with van der Waals surface area (Å²) in [6, 6.07) is 12.0. The lowest BCUT2D eigenvalue weighted by Gasteiger charge is -2.18. The number of amides is 2. The van der Waals surface area contributed by atoms with Crippen LogP contribution in [0.25, 0.3) is 0 Å². The van der Waals surface area contributed by atoms with Gasteiger partial charge >= 0.3 is 0 Å². The molecule has 2 aromatic rings. The maximum atomic E-state index is 12.2. The van der Waals surface area contributed by atoms with Crippen LogP contribution >= 0.6 is 0 Å². The first kappa shape index (κ1) is 15.8. The van der Waals surface area contributed by atoms with E-state index in [4.69, 9.17) is 10.2 Å². The molecule has 22 heavy (non-hydrogen) atoms. The molecule has 6 heteroatoms. The lowest BCUT2D eigenvalue weighted by Crippen LogP contribution is -2.48. The molecule has 0 saturated heterocycles. The predicted molar refractivity (Wildman–Crippen MR) is 82.2 cm³/mol. The number of nitrogens with one attached hydrogen (secondary N) is 2. The van der Waals surface area contributed by atoms with Crippen molar-refractivity contribution in [3.05, 3.63) is 60.1 Å². The highest BCUT2D eigenvalue weighted by Gasteiger charge is 2.22. The van der Waals surface area contributed by atoms with Crippen LogP contribution in [-0.4, -0.2) is 30.9 Å². The summed E-state index contributed by atoms with van der Waals surface area (Å²) in [5.41, 5.74) is 6.34. The van der Waals surface area contributed by atoms with E-state index in [0.717, 1.165) is 5.56 Å². The Balaban J connectivity index is 2.07. The number of hydrogen-bond donors (Lipinski definition) is 3. The average Bonchev–Trinajstić information content (AvgIpc) is 3.07. The van der Waals surface area contributed by atoms with Crippen molar-refractivity contribution >= 4 is 11.8 Å². The van der Waals surface area contributed by atoms with Gasteiger partial charge in [-0.1, -0.05) is 30.3 Å². The molecule has 0 aliphatic rings. The molecule has 1 aromatic carbocycles. The second-order valence-corrected chi connectivity index (χ2v) is 4.77. The number of rotatable bonds is 7. The predicted octanol–water partition coefficient (Wildman–Crippen LogP) is 0.696. The van der Waals surface area contributed by atoms with Crippen molar-refractivity contribution in [1.82, 2.24) is 10.6 Å². The molecule has 1 unspecified atom stereocenters. The SMILES string of the molecule is NCCNC(=O)C(Cc1ccccc1)NC(=O)c1ccco1. The van der Waals surface area contributed by atoms with Gasteiger partial charge in [0.1, 0.15) is 6.04 Å². The van der Waals surface area contributed by atoms with Crippen molar-refractivity contribution in [1.29, 1.82) is 0 Å². The minimum atomic E-state index is -0.688. The van der Waals surface area contributed by atoms with Crippen molar-refractivity contribution in [2.75, 3.05) is 13.1 Å². The van der Waals surface area contributed by atoms with Crippen molar-refractivity contribution in [3.8, 4) is 0 Å². The van der Waals surface area contributed by atoms with Gasteiger partial charge < -0.3 is 20.8 Å². The molecule has 0 aliphatic carbocycles. The number of carbonyl (C=O) groups excluding carboxylic acids is 2. The highest BCUT2D eigenvalue weighted by atomic mass is 16.3. The quantitative estimate of drug-likeness (QED) is 0.701. The van der Waals surface area contributed by atoms with Crippen LogP contribution in [0.5, 0.6) is 0 Å². The van der Waals surface area contributed by atoms with Gasteiger partial charge in [0.15, 0.2) is 5.76 Å². The molecule has 2 rings (SSSR count). The third kappa shape index (κ3) is 4.46. The Morgan fingerprint density at radius 1 is 1.14 bits per heavy atom. The van der Waals surface area contributed by atoms with Gasteiger partial charge in [0, 0.05) is 19.5 Å². The Hall–Kier alpha value is -2.60. The zero-order valence-electron chi connectivity index (χ0n) is 12.1. The Bertz CT molecular complexity index is 596. The fraction of sp³-hybridized carbons (Fsp3) is 0.250. The maximum absolute atomic E-state index is 12.2. The van der Waals surface area contributed by atoms with Crippen molar-refractivity contribution in [3.63, 3.8) is 0 Å². The number of hydrogen-bond acceptors (Lipinski definition) is 4. The van der Waals surface area contributed by atoms with E-state index in [-0.39, 0.29) is 11.7 Å². The zero-order chi connectivity index (χ0) is 15.8. The third-order valence-electron chi connectivity index (χ3n) is 3.09. The van der Waals surface area contributed by atoms with Crippen LogP contribution in [0.15, 0.2) is 53.1 Å². The first-order valence-corrected chi connectivity index (χ1v) is 7.07. The normalized spacial score (nSPS) is 11.7. The summed E-state index contributed by atoms with van der Waals surface area (Å²) in [5, 5.41) is 5.39. The molecular weight excluding hydrogens is 282 g/mol. The van der Waals surface area contributed by atoms with Crippen molar-refractivity contribution in [2.24, 2.45) is 5.73 Å². The van der Waals surface area contributed by atoms with E-state index < -0.39 is 11.9 Å². The standard InChI is InChI=1S/C16H19N3O3/c17-8-9-18-15(20)13(11-12-5-2-1-3-6-12)19-16(21)14-7-4-10-22-14/h1-7,10,13H,8-9,11,17H2,(H,18,20)(H,19,21). The summed E-state index contributed by atoms with van der Waals surface area (Å²) in [7, 11) is 0. The second kappa shape index (κ2) is 7.99. The highest BCUT2D eigenvalue weighted by Crippen LogP contribution is 2.06. The fourth-order valence-corrected chi connectivity index (χ4v) is 2.01. The van der Waals surface area contributed by atoms with E-state index in [0.29, 0.717) is 19.5 Å². The molecule has 6 nitrogen and oxygen atoms in total. The molecule has 0 fully saturated rings. The summed E-state index contributed by atoms with van der Waals surface area (Å²) in [4.78, 5) is 24.3. The van der Waals surface area contributed by atoms with Crippen LogP contribution in [0.1, 0.15) is 16.1 Å². The van der Waals surface area contributed by atoms with Gasteiger partial charge in [-0.2, -0.15) is 0 Å². The Morgan fingerprint density at radius 2 is 1.91 bits per heavy atom. The van der Waals surface area contributed by atoms with E-state index in [1.165, 1.54) is 6.26 Å². The molecule has 0 bridgehead atoms. The fourth-order valence-electron chi connectivity index (χ4n) is 2.01. The molecule has 4 N–H and O–H groups in total. The Labute approximate surface area is 128 Å². The number of benzene rings is 1. The molecule has 116 valence electrons. The summed E-state index contributed by atoms with van der Waals surface area (Å²) in [5.74, 6) is -0.521. The molecule has 1 heterocycles. The minimum absolute atomic E-state index is 0.171. The lowest BCUT2D eigenvalue weighted by molar-refractivity contribution is -0.122. The van der Waals surface area contributed by atoms with Gasteiger partial charge in [0.05, 0.1) is 6.26 Å². The maximum Gasteiger partial charge on any atom is 0.287 e. The average molecular weight is 301 g/mol. The first-order chi connectivity index (χ1) is 10.7. The molecule has 0 aliphatic heterocycles. The van der Waals surface area contributed by atoms with Crippen LogP contribution in [0.2, 0.25) is 0 Å². The largest absolute Gasteiger partial charge is 0.459 e. The molecule has 0 spiro atoms. The summed E-state index contributed by atoms with van der Waals surface area (Å²) in [6.45, 7) is 0.705. The second-order valence-electron chi connectivity index (χ2n) is 4.77. The molecule has 2 amide bonds. The summed E-state index contributed by atoms with van der Waals surface area (Å²) in [6.07, 6.45) is 1.80. The van der Waals surface area contributed by atoms with Gasteiger partial charge in [-0.15, -0.1) is 0 Å². The molecule has 0 radical (unpaired) electrons. The van der Waals surface area contributed by atoms with E-state index in [1.54, 1.807) is 12.1 Å². The molecular formula is C16H19N3O3. The van der Waals surface area contributed by atoms with Crippen LogP contribution in [-0.2, 0) is 11.2 Å². The van der Waals surface area contributed by atoms with E-state index in [1.807, 2.05) is 30.3 Å². The van der Waals surface area contributed by atoms with Gasteiger partial charge in [0.2, 0.25) is 5.91 Å². The third-order valence-corrected chi connectivity index (χ3v) is 3.09. The zero-order valence-corrected chi connectivity index (χ0v) is 12.1. The molecule has 0 saturated carbocycles. The minimum Gasteiger partial charge on any atom is -0.459 e. The lowest BCUT2D eigenvalue weighted by atomic mass is 10.1. The highest BCUT2D eigenvalue weighted by molar-refractivity contribution is 5.95. The van der Waals surface area contributed by atoms with E-state index in [2.05, 4.69) is 10.6 Å². The number of carbonyl (C=O) groups is 2. The van der Waals surface area contributed by atoms with Gasteiger partial charge in [0.25, 0.3) is 5.91 Å². The Morgan fingerprint density at radius 3 is 2.55 bits per heavy atom. The number of furan rings is 1. The summed E-state index contributed by atoms with van der Waals surface area (Å²) < 4.78 is 5.04. The van der Waals surface area contributed by atoms with Crippen LogP contribution in [0, 0.1) is 0 Å². The smallest absolute Gasteiger partial charge is 0.287 e. The van der Waals surface area contributed by atoms with Gasteiger partial charge in [-0.3, -0.25) is 9.59 Å². The number of nitrogens with two attached hydrogens (primary N) is 1. The van der Waals surface area contributed by atoms with Crippen LogP contribution in [0.3, 0.4) is 0 Å². The van der Waals surface area contributed by atoms with Crippen LogP contribution < -0.4 is 16.4 Å². The topological polar surface area (TPSA) is 97.4 Å². The van der Waals surface area contributed by atoms with Gasteiger partial charge in [-0.25, -0.2) is 0 Å². The summed E-state index contributed by atoms with van der Waals surface area (Å²) >= 11 is 0. The van der Waals surface area contributed by atoms with Crippen LogP contribution in [0.4, 0.5) is 0 Å². The first-order valence-electron chi connectivity index (χ1n) is 7.07. The van der Waals surface area contributed by atoms with E-state index in [9.17, 15) is 9.59 Å². The van der Waals surface area contributed by atoms with Crippen molar-refractivity contribution in [2.45, 2.75) is 12.5 Å². The van der Waals surface area contributed by atoms with E-state index >= 15 is 0 Å². The molecule has 1 aromatic heterocycles. The Kier molecular flexibility index (Phi) is 5.73. The van der Waals surface area contributed by atoms with Crippen molar-refractivity contribution < 1.29 is 14.0 Å².